The lowest BCUT2D eigenvalue weighted by atomic mass is 9.88. The highest BCUT2D eigenvalue weighted by Gasteiger charge is 2.50. The van der Waals surface area contributed by atoms with Gasteiger partial charge in [0.15, 0.2) is 0 Å². The molecule has 0 radical (unpaired) electrons. The maximum absolute atomic E-state index is 12.8. The van der Waals surface area contributed by atoms with Crippen molar-refractivity contribution < 1.29 is 23.9 Å². The van der Waals surface area contributed by atoms with E-state index in [1.165, 1.54) is 19.2 Å². The second-order valence-corrected chi connectivity index (χ2v) is 6.52. The molecule has 0 spiro atoms. The molecule has 0 aromatic heterocycles. The van der Waals surface area contributed by atoms with E-state index in [1.807, 2.05) is 13.8 Å². The molecule has 0 bridgehead atoms. The monoisotopic (exact) mass is 375 g/mol. The number of imide groups is 1. The molecule has 8 heteroatoms. The van der Waals surface area contributed by atoms with E-state index in [4.69, 9.17) is 0 Å². The maximum atomic E-state index is 12.8. The van der Waals surface area contributed by atoms with Crippen molar-refractivity contribution in [3.05, 3.63) is 29.8 Å². The van der Waals surface area contributed by atoms with Gasteiger partial charge in [-0.3, -0.25) is 14.5 Å². The number of rotatable bonds is 8. The van der Waals surface area contributed by atoms with Gasteiger partial charge in [0.2, 0.25) is 5.91 Å². The smallest absolute Gasteiger partial charge is 0.337 e. The van der Waals surface area contributed by atoms with Crippen LogP contribution in [-0.4, -0.2) is 47.9 Å². The van der Waals surface area contributed by atoms with Crippen molar-refractivity contribution >= 4 is 29.5 Å². The first-order valence-electron chi connectivity index (χ1n) is 8.99. The number of ether oxygens (including phenoxy) is 1. The summed E-state index contributed by atoms with van der Waals surface area (Å²) in [4.78, 5) is 49.7. The lowest BCUT2D eigenvalue weighted by Crippen LogP contribution is -2.47. The first-order valence-corrected chi connectivity index (χ1v) is 8.99. The van der Waals surface area contributed by atoms with Gasteiger partial charge in [-0.05, 0) is 37.1 Å². The van der Waals surface area contributed by atoms with E-state index in [0.29, 0.717) is 24.1 Å². The molecule has 1 aliphatic rings. The fourth-order valence-corrected chi connectivity index (χ4v) is 3.29. The summed E-state index contributed by atoms with van der Waals surface area (Å²) in [6.07, 6.45) is 2.58. The van der Waals surface area contributed by atoms with Crippen molar-refractivity contribution in [1.82, 2.24) is 10.2 Å². The van der Waals surface area contributed by atoms with Crippen LogP contribution >= 0.6 is 0 Å². The van der Waals surface area contributed by atoms with Crippen LogP contribution in [0, 0.1) is 0 Å². The Morgan fingerprint density at radius 3 is 2.22 bits per heavy atom. The SMILES string of the molecule is CCCC1(CCC)NC(=O)N(CC(=O)Nc2ccc(C(=O)OC)cc2)C1=O. The van der Waals surface area contributed by atoms with Gasteiger partial charge in [-0.15, -0.1) is 0 Å². The van der Waals surface area contributed by atoms with Crippen molar-refractivity contribution in [2.75, 3.05) is 19.0 Å². The van der Waals surface area contributed by atoms with Crippen LogP contribution in [0.2, 0.25) is 0 Å². The van der Waals surface area contributed by atoms with Crippen LogP contribution in [-0.2, 0) is 14.3 Å². The van der Waals surface area contributed by atoms with Crippen molar-refractivity contribution in [2.24, 2.45) is 0 Å². The zero-order valence-corrected chi connectivity index (χ0v) is 15.8. The van der Waals surface area contributed by atoms with E-state index in [1.54, 1.807) is 12.1 Å². The zero-order valence-electron chi connectivity index (χ0n) is 15.8. The minimum absolute atomic E-state index is 0.354. The summed E-state index contributed by atoms with van der Waals surface area (Å²) in [5.74, 6) is -1.32. The lowest BCUT2D eigenvalue weighted by Gasteiger charge is -2.25. The highest BCUT2D eigenvalue weighted by atomic mass is 16.5. The second-order valence-electron chi connectivity index (χ2n) is 6.52. The molecular weight excluding hydrogens is 350 g/mol. The van der Waals surface area contributed by atoms with Crippen LogP contribution in [0.1, 0.15) is 49.9 Å². The molecule has 146 valence electrons. The van der Waals surface area contributed by atoms with Crippen LogP contribution in [0.15, 0.2) is 24.3 Å². The van der Waals surface area contributed by atoms with Crippen molar-refractivity contribution in [1.29, 1.82) is 0 Å². The molecule has 2 rings (SSSR count). The van der Waals surface area contributed by atoms with Crippen LogP contribution in [0.5, 0.6) is 0 Å². The second kappa shape index (κ2) is 8.66. The topological polar surface area (TPSA) is 105 Å². The molecule has 1 fully saturated rings. The van der Waals surface area contributed by atoms with Crippen LogP contribution in [0.4, 0.5) is 10.5 Å². The van der Waals surface area contributed by atoms with Gasteiger partial charge in [0, 0.05) is 5.69 Å². The van der Waals surface area contributed by atoms with E-state index >= 15 is 0 Å². The summed E-state index contributed by atoms with van der Waals surface area (Å²) in [5, 5.41) is 5.39. The third-order valence-electron chi connectivity index (χ3n) is 4.49. The Morgan fingerprint density at radius 2 is 1.70 bits per heavy atom. The first kappa shape index (κ1) is 20.4. The van der Waals surface area contributed by atoms with Gasteiger partial charge < -0.3 is 15.4 Å². The number of hydrogen-bond donors (Lipinski definition) is 2. The van der Waals surface area contributed by atoms with Gasteiger partial charge in [-0.2, -0.15) is 0 Å². The maximum Gasteiger partial charge on any atom is 0.337 e. The van der Waals surface area contributed by atoms with Crippen molar-refractivity contribution in [3.8, 4) is 0 Å². The number of nitrogens with one attached hydrogen (secondary N) is 2. The predicted octanol–water partition coefficient (Wildman–Crippen LogP) is 2.30. The molecule has 1 heterocycles. The predicted molar refractivity (Wildman–Crippen MR) is 99.2 cm³/mol. The fourth-order valence-electron chi connectivity index (χ4n) is 3.29. The largest absolute Gasteiger partial charge is 0.465 e. The molecule has 1 aliphatic heterocycles. The molecule has 0 unspecified atom stereocenters. The number of carbonyl (C=O) groups is 4. The van der Waals surface area contributed by atoms with E-state index < -0.39 is 23.4 Å². The number of urea groups is 1. The number of amides is 4. The van der Waals surface area contributed by atoms with E-state index in [0.717, 1.165) is 17.7 Å². The molecule has 0 atom stereocenters. The molecule has 0 saturated carbocycles. The van der Waals surface area contributed by atoms with Crippen LogP contribution in [0.3, 0.4) is 0 Å². The Hall–Kier alpha value is -2.90. The highest BCUT2D eigenvalue weighted by molar-refractivity contribution is 6.10. The van der Waals surface area contributed by atoms with Gasteiger partial charge in [0.25, 0.3) is 5.91 Å². The number of nitrogens with zero attached hydrogens (tertiary/aromatic N) is 1. The number of benzene rings is 1. The summed E-state index contributed by atoms with van der Waals surface area (Å²) in [6, 6.07) is 5.59. The van der Waals surface area contributed by atoms with Gasteiger partial charge >= 0.3 is 12.0 Å². The van der Waals surface area contributed by atoms with Crippen molar-refractivity contribution in [2.45, 2.75) is 45.1 Å². The number of esters is 1. The van der Waals surface area contributed by atoms with Gasteiger partial charge in [0.05, 0.1) is 12.7 Å². The number of anilines is 1. The standard InChI is InChI=1S/C19H25N3O5/c1-4-10-19(11-5-2)17(25)22(18(26)21-19)12-15(23)20-14-8-6-13(7-9-14)16(24)27-3/h6-9H,4-5,10-12H2,1-3H3,(H,20,23)(H,21,26). The molecule has 1 saturated heterocycles. The average Bonchev–Trinajstić information content (AvgIpc) is 2.86. The molecule has 1 aromatic carbocycles. The molecule has 27 heavy (non-hydrogen) atoms. The quantitative estimate of drug-likeness (QED) is 0.536. The molecular formula is C19H25N3O5. The third-order valence-corrected chi connectivity index (χ3v) is 4.49. The van der Waals surface area contributed by atoms with Crippen LogP contribution < -0.4 is 10.6 Å². The molecule has 4 amide bonds. The number of hydrogen-bond acceptors (Lipinski definition) is 5. The Bertz CT molecular complexity index is 723. The summed E-state index contributed by atoms with van der Waals surface area (Å²) < 4.78 is 4.61. The molecule has 2 N–H and O–H groups in total. The number of carbonyl (C=O) groups excluding carboxylic acids is 4. The zero-order chi connectivity index (χ0) is 20.0. The van der Waals surface area contributed by atoms with E-state index in [9.17, 15) is 19.2 Å². The summed E-state index contributed by atoms with van der Waals surface area (Å²) in [6.45, 7) is 3.53. The third kappa shape index (κ3) is 4.45. The Balaban J connectivity index is 2.03. The van der Waals surface area contributed by atoms with Crippen LogP contribution in [0.25, 0.3) is 0 Å². The average molecular weight is 375 g/mol. The Kier molecular flexibility index (Phi) is 6.55. The van der Waals surface area contributed by atoms with E-state index in [-0.39, 0.29) is 12.5 Å². The Morgan fingerprint density at radius 1 is 1.11 bits per heavy atom. The van der Waals surface area contributed by atoms with Gasteiger partial charge in [-0.1, -0.05) is 26.7 Å². The van der Waals surface area contributed by atoms with Crippen molar-refractivity contribution in [3.63, 3.8) is 0 Å². The minimum atomic E-state index is -0.914. The molecule has 0 aliphatic carbocycles. The Labute approximate surface area is 158 Å². The molecule has 1 aromatic rings. The van der Waals surface area contributed by atoms with Gasteiger partial charge in [0.1, 0.15) is 12.1 Å². The summed E-state index contributed by atoms with van der Waals surface area (Å²) in [5.41, 5.74) is -0.107. The summed E-state index contributed by atoms with van der Waals surface area (Å²) >= 11 is 0. The first-order chi connectivity index (χ1) is 12.9. The fraction of sp³-hybridized carbons (Fsp3) is 0.474. The molecule has 8 nitrogen and oxygen atoms in total. The highest BCUT2D eigenvalue weighted by Crippen LogP contribution is 2.28. The number of methoxy groups -OCH3 is 1. The normalized spacial score (nSPS) is 15.4. The van der Waals surface area contributed by atoms with E-state index in [2.05, 4.69) is 15.4 Å². The van der Waals surface area contributed by atoms with Gasteiger partial charge in [-0.25, -0.2) is 9.59 Å². The lowest BCUT2D eigenvalue weighted by molar-refractivity contribution is -0.134. The minimum Gasteiger partial charge on any atom is -0.465 e. The summed E-state index contributed by atoms with van der Waals surface area (Å²) in [7, 11) is 1.28.